The highest BCUT2D eigenvalue weighted by Gasteiger charge is 2.32. The van der Waals surface area contributed by atoms with Crippen LogP contribution in [-0.4, -0.2) is 56.3 Å². The summed E-state index contributed by atoms with van der Waals surface area (Å²) in [6.07, 6.45) is 2.88. The molecule has 0 amide bonds. The number of hydrogen-bond donors (Lipinski definition) is 1. The van der Waals surface area contributed by atoms with Crippen LogP contribution in [-0.2, 0) is 4.79 Å². The summed E-state index contributed by atoms with van der Waals surface area (Å²) in [5.41, 5.74) is 9.26. The molecule has 0 bridgehead atoms. The van der Waals surface area contributed by atoms with Gasteiger partial charge in [0.05, 0.1) is 44.8 Å². The van der Waals surface area contributed by atoms with Crippen molar-refractivity contribution in [1.29, 1.82) is 0 Å². The predicted octanol–water partition coefficient (Wildman–Crippen LogP) is -0.0139. The van der Waals surface area contributed by atoms with E-state index in [-0.39, 0.29) is 28.9 Å². The van der Waals surface area contributed by atoms with Crippen molar-refractivity contribution in [3.8, 4) is 0 Å². The fraction of sp³-hybridized carbons (Fsp3) is 0.400. The van der Waals surface area contributed by atoms with Crippen LogP contribution in [0.1, 0.15) is 13.3 Å². The fourth-order valence-electron chi connectivity index (χ4n) is 3.33. The van der Waals surface area contributed by atoms with E-state index in [2.05, 4.69) is 43.2 Å². The number of rotatable bonds is 3. The van der Waals surface area contributed by atoms with Gasteiger partial charge in [-0.05, 0) is 37.3 Å². The molecular weight excluding hydrogens is 383 g/mol. The van der Waals surface area contributed by atoms with E-state index in [4.69, 9.17) is 17.3 Å². The van der Waals surface area contributed by atoms with Crippen LogP contribution in [0.5, 0.6) is 0 Å². The summed E-state index contributed by atoms with van der Waals surface area (Å²) in [4.78, 5) is 18.8. The van der Waals surface area contributed by atoms with Gasteiger partial charge < -0.3 is 27.5 Å². The molecule has 2 N–H and O–H groups in total. The van der Waals surface area contributed by atoms with E-state index in [0.29, 0.717) is 17.3 Å². The summed E-state index contributed by atoms with van der Waals surface area (Å²) in [7, 11) is 6.75. The Morgan fingerprint density at radius 2 is 1.85 bits per heavy atom. The van der Waals surface area contributed by atoms with E-state index in [9.17, 15) is 4.79 Å². The lowest BCUT2D eigenvalue weighted by molar-refractivity contribution is -0.893. The number of allylic oxidation sites excluding steroid dienone is 3. The summed E-state index contributed by atoms with van der Waals surface area (Å²) in [6, 6.07) is 8.77. The van der Waals surface area contributed by atoms with Crippen molar-refractivity contribution < 1.29 is 21.7 Å². The largest absolute Gasteiger partial charge is 1.00 e. The Labute approximate surface area is 172 Å². The van der Waals surface area contributed by atoms with E-state index >= 15 is 0 Å². The van der Waals surface area contributed by atoms with Crippen LogP contribution in [0.15, 0.2) is 51.6 Å². The van der Waals surface area contributed by atoms with Crippen molar-refractivity contribution in [1.82, 2.24) is 0 Å². The molecule has 1 aromatic rings. The number of quaternary nitrogens is 1. The quantitative estimate of drug-likeness (QED) is 0.564. The maximum absolute atomic E-state index is 11.8. The average Bonchev–Trinajstić information content (AvgIpc) is 3.09. The third-order valence-electron chi connectivity index (χ3n) is 5.15. The standard InChI is InChI=1S/C20H25ClN4O.ClH/c1-13-11-17(19(22)18(21)20(13)26)23-14-5-7-15(8-6-14)24-10-9-16(12-24)25(2,3)4;/h5-8,11,16H,9-10,12H2,1-4H3,(H-,22,26);1H/b23-17-;. The molecule has 1 unspecified atom stereocenters. The van der Waals surface area contributed by atoms with Gasteiger partial charge in [-0.2, -0.15) is 0 Å². The van der Waals surface area contributed by atoms with Gasteiger partial charge in [-0.3, -0.25) is 4.79 Å². The molecule has 1 aliphatic heterocycles. The first-order valence-corrected chi connectivity index (χ1v) is 9.18. The summed E-state index contributed by atoms with van der Waals surface area (Å²) >= 11 is 6.01. The molecule has 1 aromatic carbocycles. The lowest BCUT2D eigenvalue weighted by Gasteiger charge is -2.31. The van der Waals surface area contributed by atoms with Gasteiger partial charge in [0.15, 0.2) is 0 Å². The van der Waals surface area contributed by atoms with Crippen molar-refractivity contribution in [2.24, 2.45) is 10.7 Å². The molecule has 1 heterocycles. The second-order valence-electron chi connectivity index (χ2n) is 7.90. The topological polar surface area (TPSA) is 58.7 Å². The molecule has 146 valence electrons. The minimum Gasteiger partial charge on any atom is -1.00 e. The van der Waals surface area contributed by atoms with Crippen LogP contribution in [0.4, 0.5) is 11.4 Å². The van der Waals surface area contributed by atoms with Crippen LogP contribution in [0.3, 0.4) is 0 Å². The zero-order chi connectivity index (χ0) is 19.1. The van der Waals surface area contributed by atoms with Crippen molar-refractivity contribution >= 4 is 34.5 Å². The number of nitrogens with two attached hydrogens (primary N) is 1. The fourth-order valence-corrected chi connectivity index (χ4v) is 3.58. The van der Waals surface area contributed by atoms with Crippen LogP contribution in [0.2, 0.25) is 0 Å². The van der Waals surface area contributed by atoms with E-state index in [0.717, 1.165) is 23.3 Å². The third-order valence-corrected chi connectivity index (χ3v) is 5.52. The Kier molecular flexibility index (Phi) is 6.40. The van der Waals surface area contributed by atoms with Crippen molar-refractivity contribution in [3.05, 3.63) is 46.6 Å². The first kappa shape index (κ1) is 21.5. The number of carbonyl (C=O) groups excluding carboxylic acids is 1. The normalized spacial score (nSPS) is 22.2. The Morgan fingerprint density at radius 1 is 1.22 bits per heavy atom. The highest BCUT2D eigenvalue weighted by atomic mass is 35.5. The zero-order valence-corrected chi connectivity index (χ0v) is 17.7. The number of likely N-dealkylation sites (N-methyl/N-ethyl adjacent to an activating group) is 1. The number of halogens is 2. The van der Waals surface area contributed by atoms with Crippen LogP contribution < -0.4 is 23.0 Å². The second kappa shape index (κ2) is 8.05. The van der Waals surface area contributed by atoms with Gasteiger partial charge in [0, 0.05) is 24.2 Å². The van der Waals surface area contributed by atoms with E-state index < -0.39 is 0 Å². The van der Waals surface area contributed by atoms with Crippen LogP contribution in [0.25, 0.3) is 0 Å². The van der Waals surface area contributed by atoms with Gasteiger partial charge >= 0.3 is 0 Å². The minimum absolute atomic E-state index is 0. The molecule has 1 aliphatic carbocycles. The number of nitrogens with zero attached hydrogens (tertiary/aromatic N) is 3. The Balaban J connectivity index is 0.00000261. The van der Waals surface area contributed by atoms with Crippen LogP contribution >= 0.6 is 11.6 Å². The molecule has 7 heteroatoms. The van der Waals surface area contributed by atoms with Gasteiger partial charge in [-0.15, -0.1) is 0 Å². The second-order valence-corrected chi connectivity index (χ2v) is 8.28. The maximum Gasteiger partial charge on any atom is 0.202 e. The molecule has 0 aromatic heterocycles. The molecule has 2 aliphatic rings. The number of ketones is 1. The monoisotopic (exact) mass is 408 g/mol. The van der Waals surface area contributed by atoms with Gasteiger partial charge in [0.2, 0.25) is 5.78 Å². The number of aliphatic imine (C=N–C) groups is 1. The van der Waals surface area contributed by atoms with Crippen LogP contribution in [0, 0.1) is 0 Å². The number of carbonyl (C=O) groups is 1. The van der Waals surface area contributed by atoms with E-state index in [1.165, 1.54) is 12.1 Å². The van der Waals surface area contributed by atoms with E-state index in [1.54, 1.807) is 13.0 Å². The van der Waals surface area contributed by atoms with Gasteiger partial charge in [-0.25, -0.2) is 4.99 Å². The highest BCUT2D eigenvalue weighted by Crippen LogP contribution is 2.27. The summed E-state index contributed by atoms with van der Waals surface area (Å²) < 4.78 is 0.985. The zero-order valence-electron chi connectivity index (χ0n) is 16.2. The van der Waals surface area contributed by atoms with E-state index in [1.807, 2.05) is 12.1 Å². The molecule has 1 saturated heterocycles. The Bertz CT molecular complexity index is 819. The van der Waals surface area contributed by atoms with Gasteiger partial charge in [-0.1, -0.05) is 11.6 Å². The third kappa shape index (κ3) is 4.54. The molecule has 0 saturated carbocycles. The lowest BCUT2D eigenvalue weighted by atomic mass is 10.0. The molecule has 27 heavy (non-hydrogen) atoms. The van der Waals surface area contributed by atoms with Crippen molar-refractivity contribution in [3.63, 3.8) is 0 Å². The average molecular weight is 409 g/mol. The highest BCUT2D eigenvalue weighted by molar-refractivity contribution is 6.49. The summed E-state index contributed by atoms with van der Waals surface area (Å²) in [5.74, 6) is -0.237. The molecule has 1 atom stereocenters. The molecule has 0 radical (unpaired) electrons. The van der Waals surface area contributed by atoms with Crippen molar-refractivity contribution in [2.45, 2.75) is 19.4 Å². The molecule has 5 nitrogen and oxygen atoms in total. The Hall–Kier alpha value is -1.82. The van der Waals surface area contributed by atoms with Crippen molar-refractivity contribution in [2.75, 3.05) is 39.1 Å². The predicted molar refractivity (Wildman–Crippen MR) is 108 cm³/mol. The smallest absolute Gasteiger partial charge is 0.202 e. The van der Waals surface area contributed by atoms with Gasteiger partial charge in [0.25, 0.3) is 0 Å². The summed E-state index contributed by atoms with van der Waals surface area (Å²) in [5, 5.41) is 0.0452. The number of Topliss-reactive ketones (excluding diaryl/α,β-unsaturated/α-hetero) is 1. The Morgan fingerprint density at radius 3 is 2.41 bits per heavy atom. The molecule has 3 rings (SSSR count). The van der Waals surface area contributed by atoms with Gasteiger partial charge in [0.1, 0.15) is 11.1 Å². The number of anilines is 1. The molecular formula is C20H26Cl2N4O. The number of hydrogen-bond acceptors (Lipinski definition) is 4. The lowest BCUT2D eigenvalue weighted by Crippen LogP contribution is -3.00. The first-order chi connectivity index (χ1) is 12.2. The number of benzene rings is 1. The SMILES string of the molecule is CC1=C/C(=N/c2ccc(N3CCC([N+](C)(C)C)C3)cc2)C(N)=C(Cl)C1=O.[Cl-]. The summed E-state index contributed by atoms with van der Waals surface area (Å²) in [6.45, 7) is 3.85. The molecule has 1 fully saturated rings. The molecule has 0 spiro atoms. The minimum atomic E-state index is -0.237. The first-order valence-electron chi connectivity index (χ1n) is 8.80. The maximum atomic E-state index is 11.8.